The number of aromatic nitrogens is 4. The van der Waals surface area contributed by atoms with Gasteiger partial charge in [-0.15, -0.1) is 0 Å². The van der Waals surface area contributed by atoms with Crippen LogP contribution in [0.15, 0.2) is 67.1 Å². The third-order valence-electron chi connectivity index (χ3n) is 5.56. The number of benzene rings is 1. The number of nitrogens with one attached hydrogen (secondary N) is 1. The van der Waals surface area contributed by atoms with Crippen molar-refractivity contribution in [1.82, 2.24) is 19.9 Å². The fraction of sp³-hybridized carbons (Fsp3) is 0.208. The second kappa shape index (κ2) is 8.58. The van der Waals surface area contributed by atoms with Crippen molar-refractivity contribution in [2.75, 3.05) is 41.3 Å². The van der Waals surface area contributed by atoms with E-state index in [1.165, 1.54) is 0 Å². The number of hydrogen-bond acceptors (Lipinski definition) is 7. The first-order valence-electron chi connectivity index (χ1n) is 10.6. The minimum atomic E-state index is -0.218. The SMILES string of the molecule is Cc1cccc(NC(=O)c2cnc(N3CCN(c4ncccn4)CC3)c3ccccc23)n1. The van der Waals surface area contributed by atoms with Crippen LogP contribution in [0.2, 0.25) is 0 Å². The molecule has 3 aromatic heterocycles. The Bertz CT molecular complexity index is 1250. The smallest absolute Gasteiger partial charge is 0.259 e. The summed E-state index contributed by atoms with van der Waals surface area (Å²) in [5, 5.41) is 4.72. The van der Waals surface area contributed by atoms with Crippen LogP contribution in [0.4, 0.5) is 17.6 Å². The number of carbonyl (C=O) groups is 1. The Hall–Kier alpha value is -4.07. The second-order valence-electron chi connectivity index (χ2n) is 7.68. The maximum absolute atomic E-state index is 13.0. The van der Waals surface area contributed by atoms with Crippen LogP contribution in [0.5, 0.6) is 0 Å². The maximum atomic E-state index is 13.0. The Morgan fingerprint density at radius 1 is 0.844 bits per heavy atom. The zero-order chi connectivity index (χ0) is 21.9. The molecule has 1 N–H and O–H groups in total. The van der Waals surface area contributed by atoms with Crippen LogP contribution in [0.3, 0.4) is 0 Å². The van der Waals surface area contributed by atoms with Gasteiger partial charge in [0.05, 0.1) is 5.56 Å². The topological polar surface area (TPSA) is 87.1 Å². The van der Waals surface area contributed by atoms with Gasteiger partial charge in [0.25, 0.3) is 5.91 Å². The van der Waals surface area contributed by atoms with E-state index in [2.05, 4.69) is 30.1 Å². The average molecular weight is 425 g/mol. The third-order valence-corrected chi connectivity index (χ3v) is 5.56. The molecule has 160 valence electrons. The number of amides is 1. The molecule has 0 atom stereocenters. The Morgan fingerprint density at radius 2 is 1.56 bits per heavy atom. The van der Waals surface area contributed by atoms with Crippen molar-refractivity contribution in [1.29, 1.82) is 0 Å². The first kappa shape index (κ1) is 19.9. The molecule has 32 heavy (non-hydrogen) atoms. The highest BCUT2D eigenvalue weighted by molar-refractivity contribution is 6.14. The van der Waals surface area contributed by atoms with Gasteiger partial charge in [-0.05, 0) is 30.5 Å². The van der Waals surface area contributed by atoms with Crippen LogP contribution in [-0.2, 0) is 0 Å². The molecule has 8 nitrogen and oxygen atoms in total. The van der Waals surface area contributed by atoms with Crippen LogP contribution in [0, 0.1) is 6.92 Å². The molecular weight excluding hydrogens is 402 g/mol. The number of nitrogens with zero attached hydrogens (tertiary/aromatic N) is 6. The van der Waals surface area contributed by atoms with Gasteiger partial charge in [-0.3, -0.25) is 4.79 Å². The van der Waals surface area contributed by atoms with Crippen LogP contribution < -0.4 is 15.1 Å². The molecule has 1 aromatic carbocycles. The van der Waals surface area contributed by atoms with E-state index in [9.17, 15) is 4.79 Å². The van der Waals surface area contributed by atoms with Crippen molar-refractivity contribution in [3.05, 3.63) is 78.4 Å². The van der Waals surface area contributed by atoms with Crippen molar-refractivity contribution < 1.29 is 4.79 Å². The first-order valence-corrected chi connectivity index (χ1v) is 10.6. The Labute approximate surface area is 186 Å². The summed E-state index contributed by atoms with van der Waals surface area (Å²) < 4.78 is 0. The van der Waals surface area contributed by atoms with Gasteiger partial charge < -0.3 is 15.1 Å². The molecule has 5 rings (SSSR count). The average Bonchev–Trinajstić information content (AvgIpc) is 2.84. The van der Waals surface area contributed by atoms with Gasteiger partial charge in [-0.2, -0.15) is 0 Å². The van der Waals surface area contributed by atoms with E-state index in [1.807, 2.05) is 49.4 Å². The molecule has 4 heterocycles. The molecule has 1 fully saturated rings. The normalized spacial score (nSPS) is 13.9. The molecule has 0 spiro atoms. The molecule has 0 aliphatic carbocycles. The number of hydrogen-bond donors (Lipinski definition) is 1. The highest BCUT2D eigenvalue weighted by Crippen LogP contribution is 2.28. The van der Waals surface area contributed by atoms with E-state index in [1.54, 1.807) is 24.7 Å². The molecule has 1 amide bonds. The molecule has 4 aromatic rings. The van der Waals surface area contributed by atoms with Crippen LogP contribution in [-0.4, -0.2) is 52.0 Å². The monoisotopic (exact) mass is 425 g/mol. The quantitative estimate of drug-likeness (QED) is 0.537. The van der Waals surface area contributed by atoms with E-state index in [-0.39, 0.29) is 5.91 Å². The summed E-state index contributed by atoms with van der Waals surface area (Å²) in [6, 6.07) is 15.3. The molecule has 0 radical (unpaired) electrons. The lowest BCUT2D eigenvalue weighted by Gasteiger charge is -2.35. The predicted molar refractivity (Wildman–Crippen MR) is 125 cm³/mol. The minimum Gasteiger partial charge on any atom is -0.353 e. The number of piperazine rings is 1. The summed E-state index contributed by atoms with van der Waals surface area (Å²) in [5.41, 5.74) is 1.38. The Balaban J connectivity index is 1.40. The molecule has 8 heteroatoms. The van der Waals surface area contributed by atoms with Gasteiger partial charge in [-0.25, -0.2) is 19.9 Å². The highest BCUT2D eigenvalue weighted by Gasteiger charge is 2.23. The summed E-state index contributed by atoms with van der Waals surface area (Å²) in [6.45, 7) is 5.11. The van der Waals surface area contributed by atoms with E-state index < -0.39 is 0 Å². The van der Waals surface area contributed by atoms with Gasteiger partial charge in [0, 0.05) is 55.8 Å². The molecule has 0 unspecified atom stereocenters. The Morgan fingerprint density at radius 3 is 2.31 bits per heavy atom. The van der Waals surface area contributed by atoms with Gasteiger partial charge in [-0.1, -0.05) is 30.3 Å². The van der Waals surface area contributed by atoms with Gasteiger partial charge in [0.2, 0.25) is 5.95 Å². The van der Waals surface area contributed by atoms with Crippen molar-refractivity contribution >= 4 is 34.3 Å². The van der Waals surface area contributed by atoms with E-state index in [0.717, 1.165) is 54.4 Å². The zero-order valence-electron chi connectivity index (χ0n) is 17.8. The number of fused-ring (bicyclic) bond motifs is 1. The lowest BCUT2D eigenvalue weighted by Crippen LogP contribution is -2.47. The van der Waals surface area contributed by atoms with Crippen LogP contribution in [0.1, 0.15) is 16.1 Å². The number of aryl methyl sites for hydroxylation is 1. The van der Waals surface area contributed by atoms with Crippen molar-refractivity contribution in [2.24, 2.45) is 0 Å². The van der Waals surface area contributed by atoms with Crippen molar-refractivity contribution in [3.63, 3.8) is 0 Å². The van der Waals surface area contributed by atoms with Crippen LogP contribution >= 0.6 is 0 Å². The molecule has 1 aliphatic heterocycles. The fourth-order valence-electron chi connectivity index (χ4n) is 3.98. The lowest BCUT2D eigenvalue weighted by molar-refractivity contribution is 0.102. The summed E-state index contributed by atoms with van der Waals surface area (Å²) in [7, 11) is 0. The van der Waals surface area contributed by atoms with E-state index >= 15 is 0 Å². The standard InChI is InChI=1S/C24H23N7O/c1-17-6-4-9-21(28-17)29-23(32)20-16-27-22(19-8-3-2-7-18(19)20)30-12-14-31(15-13-30)24-25-10-5-11-26-24/h2-11,16H,12-15H2,1H3,(H,28,29,32). The third kappa shape index (κ3) is 3.94. The summed E-state index contributed by atoms with van der Waals surface area (Å²) in [4.78, 5) is 35.2. The summed E-state index contributed by atoms with van der Waals surface area (Å²) >= 11 is 0. The van der Waals surface area contributed by atoms with Gasteiger partial charge >= 0.3 is 0 Å². The van der Waals surface area contributed by atoms with Crippen molar-refractivity contribution in [2.45, 2.75) is 6.92 Å². The number of anilines is 3. The number of rotatable bonds is 4. The van der Waals surface area contributed by atoms with E-state index in [0.29, 0.717) is 11.4 Å². The van der Waals surface area contributed by atoms with E-state index in [4.69, 9.17) is 4.98 Å². The van der Waals surface area contributed by atoms with Gasteiger partial charge in [0.1, 0.15) is 11.6 Å². The summed E-state index contributed by atoms with van der Waals surface area (Å²) in [5.74, 6) is 1.95. The largest absolute Gasteiger partial charge is 0.353 e. The molecule has 1 aliphatic rings. The maximum Gasteiger partial charge on any atom is 0.259 e. The number of carbonyl (C=O) groups excluding carboxylic acids is 1. The molecule has 0 bridgehead atoms. The first-order chi connectivity index (χ1) is 15.7. The lowest BCUT2D eigenvalue weighted by atomic mass is 10.1. The van der Waals surface area contributed by atoms with Crippen molar-refractivity contribution in [3.8, 4) is 0 Å². The number of pyridine rings is 2. The fourth-order valence-corrected chi connectivity index (χ4v) is 3.98. The molecule has 0 saturated carbocycles. The second-order valence-corrected chi connectivity index (χ2v) is 7.68. The highest BCUT2D eigenvalue weighted by atomic mass is 16.1. The molecular formula is C24H23N7O. The summed E-state index contributed by atoms with van der Waals surface area (Å²) in [6.07, 6.45) is 5.19. The minimum absolute atomic E-state index is 0.218. The van der Waals surface area contributed by atoms with Gasteiger partial charge in [0.15, 0.2) is 0 Å². The predicted octanol–water partition coefficient (Wildman–Crippen LogP) is 3.31. The molecule has 1 saturated heterocycles. The van der Waals surface area contributed by atoms with Crippen LogP contribution in [0.25, 0.3) is 10.8 Å². The Kier molecular flexibility index (Phi) is 5.33. The zero-order valence-corrected chi connectivity index (χ0v) is 17.8.